The number of carbonyl (C=O) groups is 1. The van der Waals surface area contributed by atoms with Crippen molar-refractivity contribution in [2.45, 2.75) is 32.8 Å². The molecule has 0 bridgehead atoms. The highest BCUT2D eigenvalue weighted by Crippen LogP contribution is 2.28. The van der Waals surface area contributed by atoms with Crippen molar-refractivity contribution in [2.24, 2.45) is 0 Å². The number of rotatable bonds is 6. The molecule has 6 nitrogen and oxygen atoms in total. The van der Waals surface area contributed by atoms with E-state index in [-0.39, 0.29) is 12.2 Å². The van der Waals surface area contributed by atoms with Crippen molar-refractivity contribution in [3.8, 4) is 11.4 Å². The minimum absolute atomic E-state index is 0.173. The van der Waals surface area contributed by atoms with Crippen LogP contribution in [0.3, 0.4) is 0 Å². The number of fused-ring (bicyclic) bond motifs is 1. The molecule has 0 amide bonds. The van der Waals surface area contributed by atoms with E-state index in [1.807, 2.05) is 36.4 Å². The maximum absolute atomic E-state index is 13.2. The van der Waals surface area contributed by atoms with Gasteiger partial charge in [0, 0.05) is 18.9 Å². The van der Waals surface area contributed by atoms with Gasteiger partial charge in [0.05, 0.1) is 16.8 Å². The number of imidazole rings is 1. The zero-order valence-electron chi connectivity index (χ0n) is 15.5. The molecule has 142 valence electrons. The van der Waals surface area contributed by atoms with Gasteiger partial charge in [0.2, 0.25) is 10.0 Å². The summed E-state index contributed by atoms with van der Waals surface area (Å²) in [6.07, 6.45) is 0.176. The van der Waals surface area contributed by atoms with Crippen molar-refractivity contribution >= 4 is 27.0 Å². The fourth-order valence-electron chi connectivity index (χ4n) is 2.96. The Kier molecular flexibility index (Phi) is 5.06. The first-order chi connectivity index (χ1) is 12.7. The first-order valence-corrected chi connectivity index (χ1v) is 10.3. The summed E-state index contributed by atoms with van der Waals surface area (Å²) in [7, 11) is -3.73. The molecule has 0 saturated heterocycles. The number of benzene rings is 2. The molecule has 0 aliphatic rings. The summed E-state index contributed by atoms with van der Waals surface area (Å²) in [4.78, 5) is 15.8. The summed E-state index contributed by atoms with van der Waals surface area (Å²) >= 11 is 0. The number of para-hydroxylation sites is 2. The van der Waals surface area contributed by atoms with Crippen molar-refractivity contribution < 1.29 is 17.9 Å². The van der Waals surface area contributed by atoms with Crippen molar-refractivity contribution in [3.63, 3.8) is 0 Å². The average Bonchev–Trinajstić information content (AvgIpc) is 3.00. The minimum atomic E-state index is -3.73. The first kappa shape index (κ1) is 19.1. The molecule has 0 aliphatic carbocycles. The number of ether oxygens (including phenoxy) is 1. The second-order valence-corrected chi connectivity index (χ2v) is 8.91. The van der Waals surface area contributed by atoms with Gasteiger partial charge < -0.3 is 4.74 Å². The SMILES string of the molecule is CC(=O)OC(C)(C)CCS(=O)(=O)n1c(-c2ccccc2)nc2ccccc21. The van der Waals surface area contributed by atoms with Gasteiger partial charge in [-0.3, -0.25) is 4.79 Å². The molecular weight excluding hydrogens is 364 g/mol. The largest absolute Gasteiger partial charge is 0.460 e. The first-order valence-electron chi connectivity index (χ1n) is 8.65. The lowest BCUT2D eigenvalue weighted by Gasteiger charge is -2.24. The molecule has 0 atom stereocenters. The molecule has 7 heteroatoms. The van der Waals surface area contributed by atoms with Crippen LogP contribution in [0, 0.1) is 0 Å². The Labute approximate surface area is 158 Å². The van der Waals surface area contributed by atoms with Gasteiger partial charge in [-0.05, 0) is 26.0 Å². The Bertz CT molecular complexity index is 1070. The molecule has 3 rings (SSSR count). The summed E-state index contributed by atoms with van der Waals surface area (Å²) in [5.41, 5.74) is 0.986. The van der Waals surface area contributed by atoms with Gasteiger partial charge >= 0.3 is 5.97 Å². The van der Waals surface area contributed by atoms with E-state index in [2.05, 4.69) is 4.98 Å². The van der Waals surface area contributed by atoms with Gasteiger partial charge in [0.25, 0.3) is 0 Å². The van der Waals surface area contributed by atoms with Crippen molar-refractivity contribution in [3.05, 3.63) is 54.6 Å². The van der Waals surface area contributed by atoms with Gasteiger partial charge in [-0.2, -0.15) is 0 Å². The van der Waals surface area contributed by atoms with E-state index in [9.17, 15) is 13.2 Å². The second kappa shape index (κ2) is 7.15. The maximum Gasteiger partial charge on any atom is 0.303 e. The van der Waals surface area contributed by atoms with Crippen LogP contribution in [-0.2, 0) is 19.6 Å². The maximum atomic E-state index is 13.2. The van der Waals surface area contributed by atoms with E-state index in [1.165, 1.54) is 10.9 Å². The monoisotopic (exact) mass is 386 g/mol. The highest BCUT2D eigenvalue weighted by atomic mass is 32.2. The molecular formula is C20H22N2O4S. The third-order valence-corrected chi connectivity index (χ3v) is 5.86. The summed E-state index contributed by atoms with van der Waals surface area (Å²) in [6.45, 7) is 4.72. The second-order valence-electron chi connectivity index (χ2n) is 6.97. The fraction of sp³-hybridized carbons (Fsp3) is 0.300. The topological polar surface area (TPSA) is 78.3 Å². The van der Waals surface area contributed by atoms with Crippen LogP contribution in [0.1, 0.15) is 27.2 Å². The van der Waals surface area contributed by atoms with E-state index < -0.39 is 21.6 Å². The van der Waals surface area contributed by atoms with Crippen molar-refractivity contribution in [2.75, 3.05) is 5.75 Å². The molecule has 3 aromatic rings. The van der Waals surface area contributed by atoms with Gasteiger partial charge in [-0.25, -0.2) is 17.4 Å². The Balaban J connectivity index is 2.05. The van der Waals surface area contributed by atoms with Crippen LogP contribution in [0.4, 0.5) is 0 Å². The van der Waals surface area contributed by atoms with E-state index in [0.717, 1.165) is 5.56 Å². The zero-order chi connectivity index (χ0) is 19.7. The van der Waals surface area contributed by atoms with Crippen LogP contribution in [0.15, 0.2) is 54.6 Å². The van der Waals surface area contributed by atoms with Gasteiger partial charge in [0.15, 0.2) is 5.82 Å². The van der Waals surface area contributed by atoms with E-state index in [1.54, 1.807) is 32.0 Å². The predicted molar refractivity (Wildman–Crippen MR) is 105 cm³/mol. The van der Waals surface area contributed by atoms with E-state index >= 15 is 0 Å². The third kappa shape index (κ3) is 4.19. The number of hydrogen-bond acceptors (Lipinski definition) is 5. The summed E-state index contributed by atoms with van der Waals surface area (Å²) in [6, 6.07) is 16.3. The Morgan fingerprint density at radius 2 is 1.70 bits per heavy atom. The number of esters is 1. The molecule has 0 spiro atoms. The molecule has 0 radical (unpaired) electrons. The zero-order valence-corrected chi connectivity index (χ0v) is 16.4. The third-order valence-electron chi connectivity index (χ3n) is 4.21. The van der Waals surface area contributed by atoms with Crippen LogP contribution in [0.5, 0.6) is 0 Å². The normalized spacial score (nSPS) is 12.3. The lowest BCUT2D eigenvalue weighted by molar-refractivity contribution is -0.153. The van der Waals surface area contributed by atoms with Gasteiger partial charge in [-0.1, -0.05) is 42.5 Å². The minimum Gasteiger partial charge on any atom is -0.460 e. The number of carbonyl (C=O) groups excluding carboxylic acids is 1. The van der Waals surface area contributed by atoms with Crippen LogP contribution in [-0.4, -0.2) is 34.7 Å². The molecule has 0 saturated carbocycles. The highest BCUT2D eigenvalue weighted by Gasteiger charge is 2.28. The molecule has 0 fully saturated rings. The van der Waals surface area contributed by atoms with Crippen LogP contribution in [0.25, 0.3) is 22.4 Å². The van der Waals surface area contributed by atoms with Crippen molar-refractivity contribution in [1.82, 2.24) is 8.96 Å². The predicted octanol–water partition coefficient (Wildman–Crippen LogP) is 3.61. The van der Waals surface area contributed by atoms with Crippen molar-refractivity contribution in [1.29, 1.82) is 0 Å². The number of hydrogen-bond donors (Lipinski definition) is 0. The van der Waals surface area contributed by atoms with E-state index in [4.69, 9.17) is 4.74 Å². The average molecular weight is 386 g/mol. The van der Waals surface area contributed by atoms with Crippen LogP contribution >= 0.6 is 0 Å². The molecule has 0 N–H and O–H groups in total. The molecule has 1 heterocycles. The van der Waals surface area contributed by atoms with Crippen LogP contribution < -0.4 is 0 Å². The molecule has 0 unspecified atom stereocenters. The van der Waals surface area contributed by atoms with E-state index in [0.29, 0.717) is 16.9 Å². The quantitative estimate of drug-likeness (QED) is 0.605. The van der Waals surface area contributed by atoms with Crippen LogP contribution in [0.2, 0.25) is 0 Å². The smallest absolute Gasteiger partial charge is 0.303 e. The number of aromatic nitrogens is 2. The number of nitrogens with zero attached hydrogens (tertiary/aromatic N) is 2. The Morgan fingerprint density at radius 3 is 2.37 bits per heavy atom. The lowest BCUT2D eigenvalue weighted by Crippen LogP contribution is -2.31. The fourth-order valence-corrected chi connectivity index (χ4v) is 4.76. The molecule has 0 aliphatic heterocycles. The summed E-state index contributed by atoms with van der Waals surface area (Å²) in [5.74, 6) is -0.231. The molecule has 1 aromatic heterocycles. The summed E-state index contributed by atoms with van der Waals surface area (Å²) in [5, 5.41) is 0. The Hall–Kier alpha value is -2.67. The van der Waals surface area contributed by atoms with Gasteiger partial charge in [-0.15, -0.1) is 0 Å². The lowest BCUT2D eigenvalue weighted by atomic mass is 10.1. The van der Waals surface area contributed by atoms with Gasteiger partial charge in [0.1, 0.15) is 5.60 Å². The Morgan fingerprint density at radius 1 is 1.07 bits per heavy atom. The summed E-state index contributed by atoms with van der Waals surface area (Å²) < 4.78 is 33.0. The highest BCUT2D eigenvalue weighted by molar-refractivity contribution is 7.90. The standard InChI is InChI=1S/C20H22N2O4S/c1-15(23)26-20(2,3)13-14-27(24,25)22-18-12-8-7-11-17(18)21-19(22)16-9-5-4-6-10-16/h4-12H,13-14H2,1-3H3. The molecule has 2 aromatic carbocycles. The molecule has 27 heavy (non-hydrogen) atoms.